The van der Waals surface area contributed by atoms with E-state index >= 15 is 0 Å². The molecule has 0 bridgehead atoms. The molecule has 0 saturated heterocycles. The molecule has 1 N–H and O–H groups in total. The Morgan fingerprint density at radius 2 is 1.89 bits per heavy atom. The van der Waals surface area contributed by atoms with E-state index in [2.05, 4.69) is 31.3 Å². The summed E-state index contributed by atoms with van der Waals surface area (Å²) in [5.41, 5.74) is 1.12. The normalized spacial score (nSPS) is 21.9. The van der Waals surface area contributed by atoms with Crippen molar-refractivity contribution >= 4 is 11.5 Å². The van der Waals surface area contributed by atoms with Crippen molar-refractivity contribution in [3.05, 3.63) is 30.3 Å². The second-order valence-corrected chi connectivity index (χ2v) is 5.60. The summed E-state index contributed by atoms with van der Waals surface area (Å²) < 4.78 is 0. The summed E-state index contributed by atoms with van der Waals surface area (Å²) in [5.74, 6) is 1.11. The molecule has 0 aromatic heterocycles. The van der Waals surface area contributed by atoms with Crippen molar-refractivity contribution in [2.45, 2.75) is 45.6 Å². The van der Waals surface area contributed by atoms with Crippen molar-refractivity contribution in [2.24, 2.45) is 11.8 Å². The molecule has 0 amide bonds. The maximum atomic E-state index is 12.1. The number of nitrogens with one attached hydrogen (secondary N) is 1. The fraction of sp³-hybridized carbons (Fsp3) is 0.562. The molecule has 0 spiro atoms. The van der Waals surface area contributed by atoms with Crippen LogP contribution in [-0.2, 0) is 4.79 Å². The molecule has 1 aliphatic carbocycles. The van der Waals surface area contributed by atoms with Gasteiger partial charge in [-0.3, -0.25) is 4.79 Å². The average Bonchev–Trinajstić information content (AvgIpc) is 2.38. The Hall–Kier alpha value is -1.31. The maximum Gasteiger partial charge on any atom is 0.138 e. The molecule has 18 heavy (non-hydrogen) atoms. The van der Waals surface area contributed by atoms with Gasteiger partial charge in [-0.05, 0) is 30.9 Å². The van der Waals surface area contributed by atoms with Gasteiger partial charge < -0.3 is 5.32 Å². The van der Waals surface area contributed by atoms with Gasteiger partial charge >= 0.3 is 0 Å². The predicted molar refractivity (Wildman–Crippen MR) is 75.7 cm³/mol. The Balaban J connectivity index is 2.10. The highest BCUT2D eigenvalue weighted by Crippen LogP contribution is 2.29. The SMILES string of the molecule is CC(C)C(Nc1ccccc1)C1CCCCC1=O. The molecule has 2 atom stereocenters. The number of hydrogen-bond acceptors (Lipinski definition) is 2. The lowest BCUT2D eigenvalue weighted by molar-refractivity contribution is -0.125. The highest BCUT2D eigenvalue weighted by molar-refractivity contribution is 5.82. The van der Waals surface area contributed by atoms with Crippen LogP contribution in [0, 0.1) is 11.8 Å². The number of carbonyl (C=O) groups excluding carboxylic acids is 1. The number of para-hydroxylation sites is 1. The van der Waals surface area contributed by atoms with Crippen LogP contribution in [0.3, 0.4) is 0 Å². The van der Waals surface area contributed by atoms with Crippen molar-refractivity contribution in [2.75, 3.05) is 5.32 Å². The fourth-order valence-electron chi connectivity index (χ4n) is 2.85. The molecule has 2 nitrogen and oxygen atoms in total. The molecule has 1 aromatic carbocycles. The molecule has 98 valence electrons. The molecule has 0 radical (unpaired) electrons. The van der Waals surface area contributed by atoms with E-state index in [1.54, 1.807) is 0 Å². The Morgan fingerprint density at radius 3 is 2.50 bits per heavy atom. The molecular weight excluding hydrogens is 222 g/mol. The van der Waals surface area contributed by atoms with Gasteiger partial charge in [0, 0.05) is 24.1 Å². The van der Waals surface area contributed by atoms with Crippen LogP contribution >= 0.6 is 0 Å². The molecule has 1 fully saturated rings. The largest absolute Gasteiger partial charge is 0.381 e. The van der Waals surface area contributed by atoms with Gasteiger partial charge in [-0.15, -0.1) is 0 Å². The molecule has 0 aliphatic heterocycles. The van der Waals surface area contributed by atoms with Crippen LogP contribution in [0.2, 0.25) is 0 Å². The molecule has 2 rings (SSSR count). The minimum Gasteiger partial charge on any atom is -0.381 e. The molecule has 1 aromatic rings. The molecule has 1 saturated carbocycles. The molecule has 0 heterocycles. The van der Waals surface area contributed by atoms with Crippen LogP contribution in [0.5, 0.6) is 0 Å². The van der Waals surface area contributed by atoms with Crippen LogP contribution in [0.4, 0.5) is 5.69 Å². The summed E-state index contributed by atoms with van der Waals surface area (Å²) in [7, 11) is 0. The number of ketones is 1. The van der Waals surface area contributed by atoms with Crippen molar-refractivity contribution in [3.8, 4) is 0 Å². The number of hydrogen-bond donors (Lipinski definition) is 1. The second kappa shape index (κ2) is 6.03. The van der Waals surface area contributed by atoms with Gasteiger partial charge in [0.2, 0.25) is 0 Å². The minimum absolute atomic E-state index is 0.193. The van der Waals surface area contributed by atoms with Crippen molar-refractivity contribution in [1.82, 2.24) is 0 Å². The van der Waals surface area contributed by atoms with E-state index < -0.39 is 0 Å². The Bertz CT molecular complexity index is 385. The fourth-order valence-corrected chi connectivity index (χ4v) is 2.85. The smallest absolute Gasteiger partial charge is 0.138 e. The summed E-state index contributed by atoms with van der Waals surface area (Å²) in [5, 5.41) is 3.56. The molecule has 1 aliphatic rings. The van der Waals surface area contributed by atoms with E-state index in [-0.39, 0.29) is 12.0 Å². The van der Waals surface area contributed by atoms with E-state index in [0.29, 0.717) is 11.7 Å². The third kappa shape index (κ3) is 3.12. The third-order valence-electron chi connectivity index (χ3n) is 3.86. The van der Waals surface area contributed by atoms with Gasteiger partial charge in [0.25, 0.3) is 0 Å². The lowest BCUT2D eigenvalue weighted by Gasteiger charge is -2.33. The Morgan fingerprint density at radius 1 is 1.17 bits per heavy atom. The first-order valence-corrected chi connectivity index (χ1v) is 7.03. The summed E-state index contributed by atoms with van der Waals surface area (Å²) >= 11 is 0. The average molecular weight is 245 g/mol. The predicted octanol–water partition coefficient (Wildman–Crippen LogP) is 3.88. The summed E-state index contributed by atoms with van der Waals surface area (Å²) in [6.45, 7) is 4.39. The lowest BCUT2D eigenvalue weighted by Crippen LogP contribution is -2.40. The standard InChI is InChI=1S/C16H23NO/c1-12(2)16(14-10-6-7-11-15(14)18)17-13-8-4-3-5-9-13/h3-5,8-9,12,14,16-17H,6-7,10-11H2,1-2H3. The Labute approximate surface area is 110 Å². The van der Waals surface area contributed by atoms with Crippen LogP contribution < -0.4 is 5.32 Å². The second-order valence-electron chi connectivity index (χ2n) is 5.60. The van der Waals surface area contributed by atoms with Gasteiger partial charge in [0.15, 0.2) is 0 Å². The number of Topliss-reactive ketones (excluding diaryl/α,β-unsaturated/α-hetero) is 1. The van der Waals surface area contributed by atoms with E-state index in [1.165, 1.54) is 6.42 Å². The van der Waals surface area contributed by atoms with Crippen molar-refractivity contribution in [3.63, 3.8) is 0 Å². The van der Waals surface area contributed by atoms with Gasteiger partial charge in [0.05, 0.1) is 0 Å². The number of benzene rings is 1. The number of carbonyl (C=O) groups is 1. The van der Waals surface area contributed by atoms with E-state index in [1.807, 2.05) is 18.2 Å². The maximum absolute atomic E-state index is 12.1. The molecule has 2 heteroatoms. The van der Waals surface area contributed by atoms with Gasteiger partial charge in [-0.25, -0.2) is 0 Å². The molecular formula is C16H23NO. The van der Waals surface area contributed by atoms with E-state index in [4.69, 9.17) is 0 Å². The van der Waals surface area contributed by atoms with Crippen LogP contribution in [-0.4, -0.2) is 11.8 Å². The van der Waals surface area contributed by atoms with Crippen LogP contribution in [0.25, 0.3) is 0 Å². The zero-order valence-corrected chi connectivity index (χ0v) is 11.4. The molecule has 2 unspecified atom stereocenters. The summed E-state index contributed by atoms with van der Waals surface area (Å²) in [4.78, 5) is 12.1. The zero-order chi connectivity index (χ0) is 13.0. The summed E-state index contributed by atoms with van der Waals surface area (Å²) in [6.07, 6.45) is 4.08. The monoisotopic (exact) mass is 245 g/mol. The van der Waals surface area contributed by atoms with Crippen molar-refractivity contribution < 1.29 is 4.79 Å². The van der Waals surface area contributed by atoms with Crippen LogP contribution in [0.1, 0.15) is 39.5 Å². The quantitative estimate of drug-likeness (QED) is 0.872. The first-order valence-electron chi connectivity index (χ1n) is 7.03. The topological polar surface area (TPSA) is 29.1 Å². The van der Waals surface area contributed by atoms with Gasteiger partial charge in [-0.1, -0.05) is 38.5 Å². The van der Waals surface area contributed by atoms with Crippen LogP contribution in [0.15, 0.2) is 30.3 Å². The third-order valence-corrected chi connectivity index (χ3v) is 3.86. The summed E-state index contributed by atoms with van der Waals surface area (Å²) in [6, 6.07) is 10.5. The Kier molecular flexibility index (Phi) is 4.40. The minimum atomic E-state index is 0.193. The highest BCUT2D eigenvalue weighted by Gasteiger charge is 2.31. The van der Waals surface area contributed by atoms with Gasteiger partial charge in [-0.2, -0.15) is 0 Å². The van der Waals surface area contributed by atoms with Gasteiger partial charge in [0.1, 0.15) is 5.78 Å². The number of anilines is 1. The van der Waals surface area contributed by atoms with Crippen molar-refractivity contribution in [1.29, 1.82) is 0 Å². The van der Waals surface area contributed by atoms with E-state index in [0.717, 1.165) is 24.9 Å². The first-order chi connectivity index (χ1) is 8.68. The van der Waals surface area contributed by atoms with E-state index in [9.17, 15) is 4.79 Å². The first kappa shape index (κ1) is 13.1. The lowest BCUT2D eigenvalue weighted by atomic mass is 9.78. The zero-order valence-electron chi connectivity index (χ0n) is 11.4. The highest BCUT2D eigenvalue weighted by atomic mass is 16.1. The number of rotatable bonds is 4.